The first kappa shape index (κ1) is 14.7. The molecule has 0 fully saturated rings. The highest BCUT2D eigenvalue weighted by Gasteiger charge is 2.19. The third-order valence-electron chi connectivity index (χ3n) is 2.58. The van der Waals surface area contributed by atoms with E-state index in [1.54, 1.807) is 4.90 Å². The lowest BCUT2D eigenvalue weighted by Crippen LogP contribution is -2.44. The van der Waals surface area contributed by atoms with E-state index < -0.39 is 5.97 Å². The van der Waals surface area contributed by atoms with Crippen molar-refractivity contribution >= 4 is 12.0 Å². The molecular weight excluding hydrogens is 208 g/mol. The van der Waals surface area contributed by atoms with Crippen LogP contribution in [0.5, 0.6) is 0 Å². The molecule has 0 rings (SSSR count). The molecule has 0 aliphatic carbocycles. The molecular formula is C11H22N2O3. The standard InChI is InChI=1S/C11H22N2O3/c1-5-9(3)7-13(6-2)11(16)12(4)8-10(14)15/h9H,5-8H2,1-4H3,(H,14,15). The van der Waals surface area contributed by atoms with Gasteiger partial charge in [0.2, 0.25) is 0 Å². The van der Waals surface area contributed by atoms with Crippen molar-refractivity contribution in [3.63, 3.8) is 0 Å². The Hall–Kier alpha value is -1.26. The van der Waals surface area contributed by atoms with Crippen LogP contribution >= 0.6 is 0 Å². The highest BCUT2D eigenvalue weighted by Crippen LogP contribution is 2.06. The van der Waals surface area contributed by atoms with E-state index in [1.165, 1.54) is 11.9 Å². The zero-order valence-corrected chi connectivity index (χ0v) is 10.6. The molecule has 1 N–H and O–H groups in total. The van der Waals surface area contributed by atoms with Gasteiger partial charge in [-0.05, 0) is 12.8 Å². The maximum atomic E-state index is 11.8. The van der Waals surface area contributed by atoms with Gasteiger partial charge in [-0.15, -0.1) is 0 Å². The van der Waals surface area contributed by atoms with Crippen molar-refractivity contribution in [2.45, 2.75) is 27.2 Å². The first-order valence-electron chi connectivity index (χ1n) is 5.64. The summed E-state index contributed by atoms with van der Waals surface area (Å²) >= 11 is 0. The van der Waals surface area contributed by atoms with Crippen LogP contribution in [0.15, 0.2) is 0 Å². The summed E-state index contributed by atoms with van der Waals surface area (Å²) in [6, 6.07) is -0.217. The topological polar surface area (TPSA) is 60.9 Å². The SMILES string of the molecule is CCC(C)CN(CC)C(=O)N(C)CC(=O)O. The molecule has 16 heavy (non-hydrogen) atoms. The maximum absolute atomic E-state index is 11.8. The summed E-state index contributed by atoms with van der Waals surface area (Å²) in [6.07, 6.45) is 1.01. The van der Waals surface area contributed by atoms with Gasteiger partial charge in [0, 0.05) is 20.1 Å². The van der Waals surface area contributed by atoms with Crippen LogP contribution < -0.4 is 0 Å². The number of amides is 2. The van der Waals surface area contributed by atoms with Crippen LogP contribution in [-0.4, -0.2) is 53.6 Å². The molecule has 0 aromatic rings. The maximum Gasteiger partial charge on any atom is 0.323 e. The monoisotopic (exact) mass is 230 g/mol. The Balaban J connectivity index is 4.34. The van der Waals surface area contributed by atoms with Crippen molar-refractivity contribution < 1.29 is 14.7 Å². The number of nitrogens with zero attached hydrogens (tertiary/aromatic N) is 2. The molecule has 0 spiro atoms. The minimum absolute atomic E-state index is 0.217. The van der Waals surface area contributed by atoms with Gasteiger partial charge in [-0.3, -0.25) is 4.79 Å². The van der Waals surface area contributed by atoms with E-state index in [0.29, 0.717) is 19.0 Å². The average Bonchev–Trinajstić information content (AvgIpc) is 2.23. The van der Waals surface area contributed by atoms with E-state index in [-0.39, 0.29) is 12.6 Å². The normalized spacial score (nSPS) is 12.0. The number of hydrogen-bond donors (Lipinski definition) is 1. The molecule has 5 heteroatoms. The fourth-order valence-corrected chi connectivity index (χ4v) is 1.36. The fourth-order valence-electron chi connectivity index (χ4n) is 1.36. The summed E-state index contributed by atoms with van der Waals surface area (Å²) in [4.78, 5) is 25.2. The summed E-state index contributed by atoms with van der Waals surface area (Å²) < 4.78 is 0. The van der Waals surface area contributed by atoms with Crippen molar-refractivity contribution in [3.8, 4) is 0 Å². The molecule has 0 saturated carbocycles. The zero-order chi connectivity index (χ0) is 12.7. The summed E-state index contributed by atoms with van der Waals surface area (Å²) in [5.74, 6) is -0.558. The van der Waals surface area contributed by atoms with E-state index in [9.17, 15) is 9.59 Å². The highest BCUT2D eigenvalue weighted by molar-refractivity contribution is 5.79. The smallest absolute Gasteiger partial charge is 0.323 e. The molecule has 1 atom stereocenters. The molecule has 94 valence electrons. The van der Waals surface area contributed by atoms with Gasteiger partial charge in [0.05, 0.1) is 0 Å². The summed E-state index contributed by atoms with van der Waals surface area (Å²) in [5.41, 5.74) is 0. The molecule has 0 bridgehead atoms. The van der Waals surface area contributed by atoms with Crippen LogP contribution in [0.3, 0.4) is 0 Å². The first-order valence-corrected chi connectivity index (χ1v) is 5.64. The first-order chi connectivity index (χ1) is 7.42. The van der Waals surface area contributed by atoms with Gasteiger partial charge in [-0.25, -0.2) is 4.79 Å². The van der Waals surface area contributed by atoms with E-state index in [2.05, 4.69) is 13.8 Å². The summed E-state index contributed by atoms with van der Waals surface area (Å²) in [5, 5.41) is 8.60. The van der Waals surface area contributed by atoms with Crippen LogP contribution in [0.25, 0.3) is 0 Å². The Labute approximate surface area is 97.0 Å². The predicted molar refractivity (Wildman–Crippen MR) is 62.4 cm³/mol. The highest BCUT2D eigenvalue weighted by atomic mass is 16.4. The Morgan fingerprint density at radius 1 is 1.31 bits per heavy atom. The molecule has 0 aliphatic rings. The van der Waals surface area contributed by atoms with Crippen molar-refractivity contribution in [1.82, 2.24) is 9.80 Å². The van der Waals surface area contributed by atoms with E-state index in [0.717, 1.165) is 6.42 Å². The summed E-state index contributed by atoms with van der Waals surface area (Å²) in [7, 11) is 1.51. The van der Waals surface area contributed by atoms with Gasteiger partial charge in [-0.1, -0.05) is 20.3 Å². The predicted octanol–water partition coefficient (Wildman–Crippen LogP) is 1.49. The minimum Gasteiger partial charge on any atom is -0.480 e. The van der Waals surface area contributed by atoms with Crippen molar-refractivity contribution in [1.29, 1.82) is 0 Å². The third kappa shape index (κ3) is 5.00. The number of carboxylic acids is 1. The second-order valence-corrected chi connectivity index (χ2v) is 4.08. The van der Waals surface area contributed by atoms with Gasteiger partial charge in [0.1, 0.15) is 6.54 Å². The Morgan fingerprint density at radius 2 is 1.88 bits per heavy atom. The van der Waals surface area contributed by atoms with Gasteiger partial charge >= 0.3 is 12.0 Å². The van der Waals surface area contributed by atoms with Crippen molar-refractivity contribution in [2.24, 2.45) is 5.92 Å². The Morgan fingerprint density at radius 3 is 2.25 bits per heavy atom. The lowest BCUT2D eigenvalue weighted by Gasteiger charge is -2.28. The number of likely N-dealkylation sites (N-methyl/N-ethyl adjacent to an activating group) is 1. The molecule has 5 nitrogen and oxygen atoms in total. The second-order valence-electron chi connectivity index (χ2n) is 4.08. The number of carbonyl (C=O) groups excluding carboxylic acids is 1. The molecule has 0 aromatic heterocycles. The zero-order valence-electron chi connectivity index (χ0n) is 10.6. The fraction of sp³-hybridized carbons (Fsp3) is 0.818. The quantitative estimate of drug-likeness (QED) is 0.752. The van der Waals surface area contributed by atoms with Crippen LogP contribution in [0.4, 0.5) is 4.79 Å². The number of hydrogen-bond acceptors (Lipinski definition) is 2. The Kier molecular flexibility index (Phi) is 6.53. The average molecular weight is 230 g/mol. The van der Waals surface area contributed by atoms with Gasteiger partial charge in [0.25, 0.3) is 0 Å². The van der Waals surface area contributed by atoms with Gasteiger partial charge < -0.3 is 14.9 Å². The number of rotatable bonds is 6. The lowest BCUT2D eigenvalue weighted by atomic mass is 10.1. The van der Waals surface area contributed by atoms with Crippen LogP contribution in [-0.2, 0) is 4.79 Å². The molecule has 0 saturated heterocycles. The molecule has 2 amide bonds. The molecule has 0 radical (unpaired) electrons. The summed E-state index contributed by atoms with van der Waals surface area (Å²) in [6.45, 7) is 7.07. The third-order valence-corrected chi connectivity index (χ3v) is 2.58. The largest absolute Gasteiger partial charge is 0.480 e. The number of urea groups is 1. The molecule has 1 unspecified atom stereocenters. The van der Waals surface area contributed by atoms with Crippen molar-refractivity contribution in [2.75, 3.05) is 26.7 Å². The second kappa shape index (κ2) is 7.09. The molecule has 0 heterocycles. The van der Waals surface area contributed by atoms with Crippen LogP contribution in [0.2, 0.25) is 0 Å². The molecule has 0 aromatic carbocycles. The van der Waals surface area contributed by atoms with Gasteiger partial charge in [0.15, 0.2) is 0 Å². The number of carboxylic acid groups (broad SMARTS) is 1. The number of carbonyl (C=O) groups is 2. The van der Waals surface area contributed by atoms with Gasteiger partial charge in [-0.2, -0.15) is 0 Å². The van der Waals surface area contributed by atoms with Crippen LogP contribution in [0.1, 0.15) is 27.2 Å². The lowest BCUT2D eigenvalue weighted by molar-refractivity contribution is -0.137. The van der Waals surface area contributed by atoms with Crippen LogP contribution in [0, 0.1) is 5.92 Å². The van der Waals surface area contributed by atoms with E-state index >= 15 is 0 Å². The van der Waals surface area contributed by atoms with E-state index in [4.69, 9.17) is 5.11 Å². The number of aliphatic carboxylic acids is 1. The Bertz CT molecular complexity index is 243. The minimum atomic E-state index is -0.990. The van der Waals surface area contributed by atoms with E-state index in [1.807, 2.05) is 6.92 Å². The van der Waals surface area contributed by atoms with Crippen molar-refractivity contribution in [3.05, 3.63) is 0 Å². The molecule has 0 aliphatic heterocycles.